The minimum atomic E-state index is 0.274. The highest BCUT2D eigenvalue weighted by molar-refractivity contribution is 14.1. The smallest absolute Gasteiger partial charge is 0.213 e. The van der Waals surface area contributed by atoms with Crippen LogP contribution in [0.5, 0.6) is 5.88 Å². The van der Waals surface area contributed by atoms with Gasteiger partial charge in [0.05, 0.1) is 13.2 Å². The fourth-order valence-corrected chi connectivity index (χ4v) is 1.72. The topological polar surface area (TPSA) is 31.4 Å². The molecule has 1 aliphatic heterocycles. The summed E-state index contributed by atoms with van der Waals surface area (Å²) in [6, 6.07) is 3.92. The average Bonchev–Trinajstić information content (AvgIpc) is 2.23. The van der Waals surface area contributed by atoms with E-state index in [1.807, 2.05) is 18.3 Å². The van der Waals surface area contributed by atoms with Crippen molar-refractivity contribution in [3.8, 4) is 5.88 Å². The molecule has 2 heterocycles. The van der Waals surface area contributed by atoms with Crippen LogP contribution in [0.4, 0.5) is 0 Å². The quantitative estimate of drug-likeness (QED) is 0.785. The molecule has 14 heavy (non-hydrogen) atoms. The van der Waals surface area contributed by atoms with Crippen molar-refractivity contribution < 1.29 is 9.47 Å². The molecule has 2 rings (SSSR count). The molecule has 0 aromatic carbocycles. The average molecular weight is 305 g/mol. The molecule has 0 unspecified atom stereocenters. The summed E-state index contributed by atoms with van der Waals surface area (Å²) in [4.78, 5) is 4.20. The van der Waals surface area contributed by atoms with Gasteiger partial charge >= 0.3 is 0 Å². The molecule has 0 atom stereocenters. The maximum atomic E-state index is 5.72. The Balaban J connectivity index is 1.92. The molecule has 1 saturated heterocycles. The number of ether oxygens (including phenoxy) is 2. The number of rotatable bonds is 2. The Morgan fingerprint density at radius 3 is 2.79 bits per heavy atom. The Kier molecular flexibility index (Phi) is 3.58. The van der Waals surface area contributed by atoms with Crippen molar-refractivity contribution in [3.05, 3.63) is 21.9 Å². The summed E-state index contributed by atoms with van der Waals surface area (Å²) < 4.78 is 12.1. The van der Waals surface area contributed by atoms with Gasteiger partial charge in [-0.2, -0.15) is 0 Å². The van der Waals surface area contributed by atoms with Gasteiger partial charge < -0.3 is 9.47 Å². The Morgan fingerprint density at radius 1 is 1.36 bits per heavy atom. The highest BCUT2D eigenvalue weighted by Crippen LogP contribution is 2.16. The molecule has 0 bridgehead atoms. The van der Waals surface area contributed by atoms with Crippen LogP contribution in [0.25, 0.3) is 0 Å². The first kappa shape index (κ1) is 10.2. The number of hydrogen-bond acceptors (Lipinski definition) is 3. The first-order valence-electron chi connectivity index (χ1n) is 4.70. The van der Waals surface area contributed by atoms with Crippen molar-refractivity contribution in [2.75, 3.05) is 13.2 Å². The SMILES string of the molecule is Ic1ccc(OC2CCOCC2)nc1. The first-order chi connectivity index (χ1) is 6.84. The summed E-state index contributed by atoms with van der Waals surface area (Å²) in [5.41, 5.74) is 0. The zero-order chi connectivity index (χ0) is 9.80. The van der Waals surface area contributed by atoms with E-state index in [1.165, 1.54) is 0 Å². The fraction of sp³-hybridized carbons (Fsp3) is 0.500. The third kappa shape index (κ3) is 2.81. The summed E-state index contributed by atoms with van der Waals surface area (Å²) >= 11 is 2.23. The predicted molar refractivity (Wildman–Crippen MR) is 61.4 cm³/mol. The fourth-order valence-electron chi connectivity index (χ4n) is 1.40. The summed E-state index contributed by atoms with van der Waals surface area (Å²) in [7, 11) is 0. The summed E-state index contributed by atoms with van der Waals surface area (Å²) in [5, 5.41) is 0. The van der Waals surface area contributed by atoms with E-state index in [4.69, 9.17) is 9.47 Å². The second-order valence-electron chi connectivity index (χ2n) is 3.24. The number of pyridine rings is 1. The normalized spacial score (nSPS) is 18.1. The second-order valence-corrected chi connectivity index (χ2v) is 4.49. The monoisotopic (exact) mass is 305 g/mol. The van der Waals surface area contributed by atoms with Gasteiger partial charge in [0.25, 0.3) is 0 Å². The van der Waals surface area contributed by atoms with Crippen molar-refractivity contribution >= 4 is 22.6 Å². The Morgan fingerprint density at radius 2 is 2.14 bits per heavy atom. The van der Waals surface area contributed by atoms with Gasteiger partial charge in [0.1, 0.15) is 6.10 Å². The molecule has 0 N–H and O–H groups in total. The van der Waals surface area contributed by atoms with Crippen molar-refractivity contribution in [2.24, 2.45) is 0 Å². The van der Waals surface area contributed by atoms with E-state index in [0.717, 1.165) is 35.5 Å². The minimum Gasteiger partial charge on any atom is -0.474 e. The lowest BCUT2D eigenvalue weighted by atomic mass is 10.2. The maximum Gasteiger partial charge on any atom is 0.213 e. The molecule has 0 amide bonds. The number of nitrogens with zero attached hydrogens (tertiary/aromatic N) is 1. The zero-order valence-electron chi connectivity index (χ0n) is 7.78. The van der Waals surface area contributed by atoms with Crippen LogP contribution in [-0.4, -0.2) is 24.3 Å². The van der Waals surface area contributed by atoms with Crippen LogP contribution in [0.2, 0.25) is 0 Å². The Hall–Kier alpha value is -0.360. The van der Waals surface area contributed by atoms with Crippen molar-refractivity contribution in [1.82, 2.24) is 4.98 Å². The summed E-state index contributed by atoms with van der Waals surface area (Å²) in [6.07, 6.45) is 4.02. The molecule has 3 nitrogen and oxygen atoms in total. The molecule has 76 valence electrons. The maximum absolute atomic E-state index is 5.72. The molecular weight excluding hydrogens is 293 g/mol. The molecule has 0 spiro atoms. The van der Waals surface area contributed by atoms with Crippen LogP contribution in [0.3, 0.4) is 0 Å². The van der Waals surface area contributed by atoms with Crippen LogP contribution in [0, 0.1) is 3.57 Å². The van der Waals surface area contributed by atoms with E-state index in [0.29, 0.717) is 0 Å². The lowest BCUT2D eigenvalue weighted by Crippen LogP contribution is -2.26. The van der Waals surface area contributed by atoms with Gasteiger partial charge in [-0.1, -0.05) is 0 Å². The van der Waals surface area contributed by atoms with Gasteiger partial charge in [-0.15, -0.1) is 0 Å². The molecule has 1 fully saturated rings. The molecule has 1 aromatic heterocycles. The van der Waals surface area contributed by atoms with E-state index >= 15 is 0 Å². The van der Waals surface area contributed by atoms with Gasteiger partial charge in [-0.3, -0.25) is 0 Å². The summed E-state index contributed by atoms with van der Waals surface area (Å²) in [5.74, 6) is 0.720. The largest absolute Gasteiger partial charge is 0.474 e. The molecule has 4 heteroatoms. The van der Waals surface area contributed by atoms with Crippen LogP contribution >= 0.6 is 22.6 Å². The Bertz CT molecular complexity index is 283. The van der Waals surface area contributed by atoms with Crippen LogP contribution < -0.4 is 4.74 Å². The number of aromatic nitrogens is 1. The van der Waals surface area contributed by atoms with Crippen LogP contribution in [0.1, 0.15) is 12.8 Å². The Labute approximate surface area is 97.0 Å². The zero-order valence-corrected chi connectivity index (χ0v) is 9.94. The molecular formula is C10H12INO2. The third-order valence-corrected chi connectivity index (χ3v) is 2.79. The lowest BCUT2D eigenvalue weighted by molar-refractivity contribution is 0.0237. The van der Waals surface area contributed by atoms with Crippen molar-refractivity contribution in [1.29, 1.82) is 0 Å². The predicted octanol–water partition coefficient (Wildman–Crippen LogP) is 2.24. The van der Waals surface area contributed by atoms with E-state index < -0.39 is 0 Å². The van der Waals surface area contributed by atoms with Crippen LogP contribution in [-0.2, 0) is 4.74 Å². The van der Waals surface area contributed by atoms with Gasteiger partial charge in [0, 0.05) is 28.7 Å². The van der Waals surface area contributed by atoms with E-state index in [1.54, 1.807) is 0 Å². The van der Waals surface area contributed by atoms with Crippen molar-refractivity contribution in [3.63, 3.8) is 0 Å². The van der Waals surface area contributed by atoms with E-state index in [-0.39, 0.29) is 6.10 Å². The van der Waals surface area contributed by atoms with Crippen molar-refractivity contribution in [2.45, 2.75) is 18.9 Å². The molecule has 0 aliphatic carbocycles. The molecule has 1 aromatic rings. The molecule has 0 saturated carbocycles. The van der Waals surface area contributed by atoms with Gasteiger partial charge in [-0.05, 0) is 28.7 Å². The minimum absolute atomic E-state index is 0.274. The van der Waals surface area contributed by atoms with Crippen LogP contribution in [0.15, 0.2) is 18.3 Å². The van der Waals surface area contributed by atoms with Gasteiger partial charge in [0.2, 0.25) is 5.88 Å². The summed E-state index contributed by atoms with van der Waals surface area (Å²) in [6.45, 7) is 1.60. The third-order valence-electron chi connectivity index (χ3n) is 2.16. The molecule has 0 radical (unpaired) electrons. The second kappa shape index (κ2) is 4.93. The highest BCUT2D eigenvalue weighted by atomic mass is 127. The number of hydrogen-bond donors (Lipinski definition) is 0. The number of halogens is 1. The lowest BCUT2D eigenvalue weighted by Gasteiger charge is -2.22. The standard InChI is InChI=1S/C10H12INO2/c11-8-1-2-10(12-7-8)14-9-3-5-13-6-4-9/h1-2,7,9H,3-6H2. The van der Waals surface area contributed by atoms with E-state index in [2.05, 4.69) is 27.6 Å². The highest BCUT2D eigenvalue weighted by Gasteiger charge is 2.15. The van der Waals surface area contributed by atoms with Gasteiger partial charge in [0.15, 0.2) is 0 Å². The first-order valence-corrected chi connectivity index (χ1v) is 5.78. The molecule has 1 aliphatic rings. The van der Waals surface area contributed by atoms with Gasteiger partial charge in [-0.25, -0.2) is 4.98 Å². The van der Waals surface area contributed by atoms with E-state index in [9.17, 15) is 0 Å².